The number of hydrogen-bond donors (Lipinski definition) is 2. The molecule has 0 unspecified atom stereocenters. The van der Waals surface area contributed by atoms with Gasteiger partial charge in [0, 0.05) is 12.0 Å². The highest BCUT2D eigenvalue weighted by Gasteiger charge is 2.35. The Hall–Kier alpha value is -2.66. The monoisotopic (exact) mass is 453 g/mol. The molecule has 0 aromatic heterocycles. The molecule has 0 aliphatic rings. The van der Waals surface area contributed by atoms with Crippen molar-refractivity contribution in [3.8, 4) is 11.1 Å². The fourth-order valence-electron chi connectivity index (χ4n) is 4.32. The molecule has 33 heavy (non-hydrogen) atoms. The van der Waals surface area contributed by atoms with Crippen LogP contribution in [0.3, 0.4) is 0 Å². The molecular weight excluding hydrogens is 414 g/mol. The van der Waals surface area contributed by atoms with Crippen molar-refractivity contribution in [2.75, 3.05) is 13.2 Å². The average molecular weight is 454 g/mol. The smallest absolute Gasteiger partial charge is 0.308 e. The summed E-state index contributed by atoms with van der Waals surface area (Å²) in [6, 6.07) is 18.7. The van der Waals surface area contributed by atoms with Gasteiger partial charge in [-0.15, -0.1) is 0 Å². The van der Waals surface area contributed by atoms with Crippen molar-refractivity contribution >= 4 is 11.9 Å². The van der Waals surface area contributed by atoms with Crippen LogP contribution in [-0.4, -0.2) is 35.7 Å². The minimum atomic E-state index is -0.819. The first-order chi connectivity index (χ1) is 15.9. The number of carboxylic acid groups (broad SMARTS) is 1. The number of rotatable bonds is 15. The Kier molecular flexibility index (Phi) is 11.1. The second kappa shape index (κ2) is 13.8. The number of benzene rings is 2. The summed E-state index contributed by atoms with van der Waals surface area (Å²) in [6.45, 7) is 7.08. The average Bonchev–Trinajstić information content (AvgIpc) is 2.82. The maximum atomic E-state index is 12.6. The molecule has 2 rings (SSSR count). The number of unbranched alkanes of at least 4 members (excludes halogenated alkanes) is 1. The summed E-state index contributed by atoms with van der Waals surface area (Å²) in [7, 11) is 0. The Morgan fingerprint density at radius 1 is 1.00 bits per heavy atom. The van der Waals surface area contributed by atoms with E-state index in [0.29, 0.717) is 32.3 Å². The molecule has 5 nitrogen and oxygen atoms in total. The van der Waals surface area contributed by atoms with E-state index in [1.54, 1.807) is 0 Å². The molecule has 2 atom stereocenters. The van der Waals surface area contributed by atoms with Crippen LogP contribution in [0.2, 0.25) is 0 Å². The number of aliphatic carboxylic acids is 1. The zero-order valence-electron chi connectivity index (χ0n) is 20.3. The summed E-state index contributed by atoms with van der Waals surface area (Å²) in [5.41, 5.74) is 2.95. The van der Waals surface area contributed by atoms with Crippen molar-refractivity contribution in [2.45, 2.75) is 71.3 Å². The van der Waals surface area contributed by atoms with Crippen molar-refractivity contribution in [3.05, 3.63) is 60.2 Å². The molecule has 0 amide bonds. The summed E-state index contributed by atoms with van der Waals surface area (Å²) >= 11 is 0. The van der Waals surface area contributed by atoms with Gasteiger partial charge in [-0.05, 0) is 62.3 Å². The van der Waals surface area contributed by atoms with Gasteiger partial charge in [0.25, 0.3) is 0 Å². The van der Waals surface area contributed by atoms with Gasteiger partial charge in [-0.1, -0.05) is 74.9 Å². The molecule has 0 saturated carbocycles. The molecule has 0 heterocycles. The van der Waals surface area contributed by atoms with E-state index < -0.39 is 11.5 Å². The fraction of sp³-hybridized carbons (Fsp3) is 0.500. The second-order valence-electron chi connectivity index (χ2n) is 8.76. The third kappa shape index (κ3) is 8.65. The van der Waals surface area contributed by atoms with Gasteiger partial charge in [0.2, 0.25) is 0 Å². The Bertz CT molecular complexity index is 850. The van der Waals surface area contributed by atoms with Crippen LogP contribution in [0.1, 0.15) is 64.9 Å². The predicted molar refractivity (Wildman–Crippen MR) is 133 cm³/mol. The molecule has 5 heteroatoms. The second-order valence-corrected chi connectivity index (χ2v) is 8.76. The van der Waals surface area contributed by atoms with Crippen molar-refractivity contribution in [3.63, 3.8) is 0 Å². The van der Waals surface area contributed by atoms with Gasteiger partial charge in [0.1, 0.15) is 0 Å². The molecule has 0 spiro atoms. The van der Waals surface area contributed by atoms with Gasteiger partial charge < -0.3 is 15.2 Å². The molecule has 0 radical (unpaired) electrons. The summed E-state index contributed by atoms with van der Waals surface area (Å²) in [5.74, 6) is -1.28. The molecule has 0 bridgehead atoms. The lowest BCUT2D eigenvalue weighted by molar-refractivity contribution is -0.149. The summed E-state index contributed by atoms with van der Waals surface area (Å²) in [5, 5.41) is 13.1. The van der Waals surface area contributed by atoms with Crippen LogP contribution in [0, 0.1) is 5.92 Å². The normalized spacial score (nSPS) is 13.8. The first-order valence-electron chi connectivity index (χ1n) is 12.2. The van der Waals surface area contributed by atoms with Crippen molar-refractivity contribution < 1.29 is 19.4 Å². The molecular formula is C28H39NO4. The molecule has 0 aliphatic heterocycles. The van der Waals surface area contributed by atoms with E-state index in [4.69, 9.17) is 4.74 Å². The van der Waals surface area contributed by atoms with Gasteiger partial charge >= 0.3 is 11.9 Å². The van der Waals surface area contributed by atoms with E-state index in [0.717, 1.165) is 36.1 Å². The predicted octanol–water partition coefficient (Wildman–Crippen LogP) is 5.87. The maximum absolute atomic E-state index is 12.6. The Morgan fingerprint density at radius 2 is 1.67 bits per heavy atom. The minimum Gasteiger partial charge on any atom is -0.481 e. The lowest BCUT2D eigenvalue weighted by Gasteiger charge is -2.38. The number of hydrogen-bond acceptors (Lipinski definition) is 4. The lowest BCUT2D eigenvalue weighted by Crippen LogP contribution is -2.50. The summed E-state index contributed by atoms with van der Waals surface area (Å²) < 4.78 is 5.32. The highest BCUT2D eigenvalue weighted by Crippen LogP contribution is 2.31. The maximum Gasteiger partial charge on any atom is 0.308 e. The number of carboxylic acids is 1. The van der Waals surface area contributed by atoms with Crippen molar-refractivity contribution in [1.82, 2.24) is 5.32 Å². The van der Waals surface area contributed by atoms with Gasteiger partial charge in [-0.3, -0.25) is 9.59 Å². The SMILES string of the molecule is CCCCN[C@](CCC(=O)O)(Cc1ccc(-c2ccccc2)cc1)C[C@@H](CC)C(=O)OCC. The number of esters is 1. The third-order valence-corrected chi connectivity index (χ3v) is 6.20. The number of ether oxygens (including phenoxy) is 1. The van der Waals surface area contributed by atoms with Crippen LogP contribution in [-0.2, 0) is 20.7 Å². The number of carbonyl (C=O) groups excluding carboxylic acids is 1. The molecule has 2 N–H and O–H groups in total. The van der Waals surface area contributed by atoms with E-state index in [2.05, 4.69) is 48.6 Å². The molecule has 0 fully saturated rings. The molecule has 0 aliphatic carbocycles. The largest absolute Gasteiger partial charge is 0.481 e. The Balaban J connectivity index is 2.33. The molecule has 2 aromatic carbocycles. The zero-order valence-corrected chi connectivity index (χ0v) is 20.3. The van der Waals surface area contributed by atoms with Gasteiger partial charge in [-0.25, -0.2) is 0 Å². The van der Waals surface area contributed by atoms with Crippen molar-refractivity contribution in [1.29, 1.82) is 0 Å². The van der Waals surface area contributed by atoms with Crippen molar-refractivity contribution in [2.24, 2.45) is 5.92 Å². The fourth-order valence-corrected chi connectivity index (χ4v) is 4.32. The van der Waals surface area contributed by atoms with Crippen LogP contribution < -0.4 is 5.32 Å². The summed E-state index contributed by atoms with van der Waals surface area (Å²) in [4.78, 5) is 24.1. The van der Waals surface area contributed by atoms with E-state index in [1.807, 2.05) is 32.0 Å². The van der Waals surface area contributed by atoms with Gasteiger partial charge in [-0.2, -0.15) is 0 Å². The first kappa shape index (κ1) is 26.6. The zero-order chi connectivity index (χ0) is 24.1. The van der Waals surface area contributed by atoms with Crippen LogP contribution in [0.25, 0.3) is 11.1 Å². The third-order valence-electron chi connectivity index (χ3n) is 6.20. The highest BCUT2D eigenvalue weighted by molar-refractivity contribution is 5.72. The minimum absolute atomic E-state index is 0.0560. The van der Waals surface area contributed by atoms with Gasteiger partial charge in [0.15, 0.2) is 0 Å². The van der Waals surface area contributed by atoms with E-state index >= 15 is 0 Å². The first-order valence-corrected chi connectivity index (χ1v) is 12.2. The van der Waals surface area contributed by atoms with E-state index in [9.17, 15) is 14.7 Å². The Labute approximate surface area is 198 Å². The number of nitrogens with one attached hydrogen (secondary N) is 1. The quantitative estimate of drug-likeness (QED) is 0.261. The Morgan fingerprint density at radius 3 is 2.24 bits per heavy atom. The lowest BCUT2D eigenvalue weighted by atomic mass is 9.77. The highest BCUT2D eigenvalue weighted by atomic mass is 16.5. The molecule has 2 aromatic rings. The van der Waals surface area contributed by atoms with Crippen LogP contribution in [0.4, 0.5) is 0 Å². The van der Waals surface area contributed by atoms with Crippen LogP contribution in [0.5, 0.6) is 0 Å². The number of carbonyl (C=O) groups is 2. The van der Waals surface area contributed by atoms with Gasteiger partial charge in [0.05, 0.1) is 12.5 Å². The van der Waals surface area contributed by atoms with Crippen LogP contribution >= 0.6 is 0 Å². The van der Waals surface area contributed by atoms with Crippen LogP contribution in [0.15, 0.2) is 54.6 Å². The molecule has 180 valence electrons. The summed E-state index contributed by atoms with van der Waals surface area (Å²) in [6.07, 6.45) is 4.44. The van der Waals surface area contributed by atoms with E-state index in [1.165, 1.54) is 0 Å². The molecule has 0 saturated heterocycles. The van der Waals surface area contributed by atoms with E-state index in [-0.39, 0.29) is 18.3 Å². The topological polar surface area (TPSA) is 75.6 Å². The standard InChI is InChI=1S/C28H39NO4/c1-4-7-19-29-28(18-17-26(30)31,21-23(5-2)27(32)33-6-3)20-22-13-15-25(16-14-22)24-11-9-8-10-12-24/h8-16,23,29H,4-7,17-21H2,1-3H3,(H,30,31)/t23-,28-/m1/s1.